The Labute approximate surface area is 127 Å². The molecule has 0 bridgehead atoms. The minimum Gasteiger partial charge on any atom is -0.497 e. The number of anilines is 1. The highest BCUT2D eigenvalue weighted by Gasteiger charge is 2.13. The van der Waals surface area contributed by atoms with Crippen LogP contribution in [0.15, 0.2) is 48.5 Å². The van der Waals surface area contributed by atoms with Gasteiger partial charge in [0.15, 0.2) is 0 Å². The quantitative estimate of drug-likeness (QED) is 0.797. The summed E-state index contributed by atoms with van der Waals surface area (Å²) in [5, 5.41) is 0. The fraction of sp³-hybridized carbons (Fsp3) is 0.333. The van der Waals surface area contributed by atoms with Crippen molar-refractivity contribution >= 4 is 5.69 Å². The van der Waals surface area contributed by atoms with Gasteiger partial charge in [-0.05, 0) is 44.2 Å². The van der Waals surface area contributed by atoms with E-state index in [9.17, 15) is 0 Å². The lowest BCUT2D eigenvalue weighted by molar-refractivity contribution is 0.408. The Bertz CT molecular complexity index is 564. The molecule has 0 aromatic heterocycles. The summed E-state index contributed by atoms with van der Waals surface area (Å²) in [4.78, 5) is 2.34. The monoisotopic (exact) mass is 285 g/mol. The van der Waals surface area contributed by atoms with Crippen LogP contribution < -0.4 is 14.4 Å². The Morgan fingerprint density at radius 1 is 0.905 bits per heavy atom. The SMILES string of the molecule is COc1ccc(N(Cc2ccccc2OC)C(C)C)cc1. The van der Waals surface area contributed by atoms with E-state index < -0.39 is 0 Å². The molecule has 0 saturated carbocycles. The standard InChI is InChI=1S/C18H23NO2/c1-14(2)19(16-9-11-17(20-3)12-10-16)13-15-7-5-6-8-18(15)21-4/h5-12,14H,13H2,1-4H3. The van der Waals surface area contributed by atoms with Gasteiger partial charge in [0.1, 0.15) is 11.5 Å². The summed E-state index contributed by atoms with van der Waals surface area (Å²) in [6, 6.07) is 16.7. The smallest absolute Gasteiger partial charge is 0.123 e. The van der Waals surface area contributed by atoms with Crippen molar-refractivity contribution < 1.29 is 9.47 Å². The molecule has 2 aromatic carbocycles. The fourth-order valence-corrected chi connectivity index (χ4v) is 2.36. The number of hydrogen-bond acceptors (Lipinski definition) is 3. The molecule has 3 heteroatoms. The zero-order chi connectivity index (χ0) is 15.2. The van der Waals surface area contributed by atoms with E-state index in [1.165, 1.54) is 11.3 Å². The second kappa shape index (κ2) is 7.02. The lowest BCUT2D eigenvalue weighted by atomic mass is 10.1. The van der Waals surface area contributed by atoms with Gasteiger partial charge in [-0.15, -0.1) is 0 Å². The Morgan fingerprint density at radius 3 is 2.14 bits per heavy atom. The van der Waals surface area contributed by atoms with Crippen LogP contribution in [0.4, 0.5) is 5.69 Å². The van der Waals surface area contributed by atoms with Crippen LogP contribution in [-0.4, -0.2) is 20.3 Å². The molecule has 2 rings (SSSR count). The van der Waals surface area contributed by atoms with Crippen LogP contribution in [0, 0.1) is 0 Å². The topological polar surface area (TPSA) is 21.7 Å². The van der Waals surface area contributed by atoms with Gasteiger partial charge in [0, 0.05) is 23.8 Å². The Kier molecular flexibility index (Phi) is 5.09. The summed E-state index contributed by atoms with van der Waals surface area (Å²) in [5.74, 6) is 1.80. The molecular formula is C18H23NO2. The lowest BCUT2D eigenvalue weighted by Gasteiger charge is -2.30. The average Bonchev–Trinajstić information content (AvgIpc) is 2.53. The van der Waals surface area contributed by atoms with Crippen molar-refractivity contribution in [2.45, 2.75) is 26.4 Å². The molecule has 112 valence electrons. The highest BCUT2D eigenvalue weighted by molar-refractivity contribution is 5.51. The fourth-order valence-electron chi connectivity index (χ4n) is 2.36. The second-order valence-electron chi connectivity index (χ2n) is 5.23. The van der Waals surface area contributed by atoms with Crippen molar-refractivity contribution in [3.8, 4) is 11.5 Å². The number of para-hydroxylation sites is 1. The minimum atomic E-state index is 0.392. The molecule has 0 N–H and O–H groups in total. The van der Waals surface area contributed by atoms with Gasteiger partial charge in [0.25, 0.3) is 0 Å². The van der Waals surface area contributed by atoms with Crippen molar-refractivity contribution in [2.75, 3.05) is 19.1 Å². The molecule has 0 unspecified atom stereocenters. The molecular weight excluding hydrogens is 262 g/mol. The van der Waals surface area contributed by atoms with Crippen LogP contribution in [-0.2, 0) is 6.54 Å². The Morgan fingerprint density at radius 2 is 1.57 bits per heavy atom. The molecule has 0 aliphatic rings. The minimum absolute atomic E-state index is 0.392. The van der Waals surface area contributed by atoms with Gasteiger partial charge in [-0.25, -0.2) is 0 Å². The number of hydrogen-bond donors (Lipinski definition) is 0. The first-order valence-electron chi connectivity index (χ1n) is 7.18. The van der Waals surface area contributed by atoms with Crippen LogP contribution in [0.3, 0.4) is 0 Å². The largest absolute Gasteiger partial charge is 0.497 e. The van der Waals surface area contributed by atoms with E-state index in [-0.39, 0.29) is 0 Å². The highest BCUT2D eigenvalue weighted by atomic mass is 16.5. The van der Waals surface area contributed by atoms with E-state index in [4.69, 9.17) is 9.47 Å². The first-order chi connectivity index (χ1) is 10.2. The molecule has 0 saturated heterocycles. The third-order valence-corrected chi connectivity index (χ3v) is 3.56. The summed E-state index contributed by atoms with van der Waals surface area (Å²) >= 11 is 0. The first-order valence-corrected chi connectivity index (χ1v) is 7.18. The van der Waals surface area contributed by atoms with Crippen LogP contribution in [0.25, 0.3) is 0 Å². The van der Waals surface area contributed by atoms with Crippen molar-refractivity contribution in [3.05, 3.63) is 54.1 Å². The van der Waals surface area contributed by atoms with E-state index in [1.807, 2.05) is 30.3 Å². The maximum Gasteiger partial charge on any atom is 0.123 e. The molecule has 0 atom stereocenters. The zero-order valence-corrected chi connectivity index (χ0v) is 13.2. The predicted octanol–water partition coefficient (Wildman–Crippen LogP) is 4.12. The van der Waals surface area contributed by atoms with Gasteiger partial charge < -0.3 is 14.4 Å². The molecule has 0 heterocycles. The summed E-state index contributed by atoms with van der Waals surface area (Å²) in [6.07, 6.45) is 0. The molecule has 3 nitrogen and oxygen atoms in total. The molecule has 0 radical (unpaired) electrons. The van der Waals surface area contributed by atoms with Gasteiger partial charge in [-0.1, -0.05) is 18.2 Å². The number of rotatable bonds is 6. The summed E-state index contributed by atoms with van der Waals surface area (Å²) in [5.41, 5.74) is 2.36. The third kappa shape index (κ3) is 3.69. The van der Waals surface area contributed by atoms with Crippen LogP contribution in [0.2, 0.25) is 0 Å². The maximum atomic E-state index is 5.45. The van der Waals surface area contributed by atoms with E-state index >= 15 is 0 Å². The lowest BCUT2D eigenvalue weighted by Crippen LogP contribution is -2.30. The summed E-state index contributed by atoms with van der Waals surface area (Å²) < 4.78 is 10.7. The van der Waals surface area contributed by atoms with Gasteiger partial charge in [-0.2, -0.15) is 0 Å². The number of nitrogens with zero attached hydrogens (tertiary/aromatic N) is 1. The van der Waals surface area contributed by atoms with Crippen molar-refractivity contribution in [1.29, 1.82) is 0 Å². The van der Waals surface area contributed by atoms with Gasteiger partial charge in [0.2, 0.25) is 0 Å². The van der Waals surface area contributed by atoms with E-state index in [0.29, 0.717) is 6.04 Å². The van der Waals surface area contributed by atoms with Crippen molar-refractivity contribution in [2.24, 2.45) is 0 Å². The molecule has 2 aromatic rings. The second-order valence-corrected chi connectivity index (χ2v) is 5.23. The van der Waals surface area contributed by atoms with Crippen molar-refractivity contribution in [3.63, 3.8) is 0 Å². The Balaban J connectivity index is 2.26. The predicted molar refractivity (Wildman–Crippen MR) is 87.3 cm³/mol. The van der Waals surface area contributed by atoms with Crippen LogP contribution in [0.5, 0.6) is 11.5 Å². The Hall–Kier alpha value is -2.16. The molecule has 0 fully saturated rings. The third-order valence-electron chi connectivity index (χ3n) is 3.56. The number of ether oxygens (including phenoxy) is 2. The summed E-state index contributed by atoms with van der Waals surface area (Å²) in [6.45, 7) is 5.20. The first kappa shape index (κ1) is 15.2. The highest BCUT2D eigenvalue weighted by Crippen LogP contribution is 2.26. The molecule has 0 amide bonds. The summed E-state index contributed by atoms with van der Waals surface area (Å²) in [7, 11) is 3.40. The molecule has 0 spiro atoms. The van der Waals surface area contributed by atoms with Crippen molar-refractivity contribution in [1.82, 2.24) is 0 Å². The van der Waals surface area contributed by atoms with Gasteiger partial charge in [-0.3, -0.25) is 0 Å². The van der Waals surface area contributed by atoms with E-state index in [0.717, 1.165) is 18.0 Å². The van der Waals surface area contributed by atoms with Crippen LogP contribution in [0.1, 0.15) is 19.4 Å². The average molecular weight is 285 g/mol. The maximum absolute atomic E-state index is 5.45. The van der Waals surface area contributed by atoms with E-state index in [1.54, 1.807) is 14.2 Å². The normalized spacial score (nSPS) is 10.5. The van der Waals surface area contributed by atoms with Gasteiger partial charge in [0.05, 0.1) is 14.2 Å². The van der Waals surface area contributed by atoms with Gasteiger partial charge >= 0.3 is 0 Å². The molecule has 21 heavy (non-hydrogen) atoms. The number of methoxy groups -OCH3 is 2. The van der Waals surface area contributed by atoms with Crippen LogP contribution >= 0.6 is 0 Å². The van der Waals surface area contributed by atoms with E-state index in [2.05, 4.69) is 36.9 Å². The molecule has 0 aliphatic heterocycles. The zero-order valence-electron chi connectivity index (χ0n) is 13.2. The molecule has 0 aliphatic carbocycles. The number of benzene rings is 2.